The first-order chi connectivity index (χ1) is 15.1. The van der Waals surface area contributed by atoms with Gasteiger partial charge < -0.3 is 9.15 Å². The van der Waals surface area contributed by atoms with Crippen molar-refractivity contribution in [3.8, 4) is 22.7 Å². The maximum atomic E-state index is 13.2. The van der Waals surface area contributed by atoms with Crippen LogP contribution in [0, 0.1) is 10.1 Å². The standard InChI is InChI=1S/C22H18N4O5/c1-30-18-10-4-15(5-11-18)21-20(14-23-13-19-3-2-12-31-19)22(27)25(24-21)16-6-8-17(9-7-16)26(28)29/h2-12,14,24H,13H2,1H3. The molecule has 0 spiro atoms. The minimum Gasteiger partial charge on any atom is -0.497 e. The van der Waals surface area contributed by atoms with Crippen LogP contribution in [0.15, 0.2) is 81.1 Å². The molecule has 0 fully saturated rings. The number of ether oxygens (including phenoxy) is 1. The molecule has 0 amide bonds. The Morgan fingerprint density at radius 1 is 1.16 bits per heavy atom. The van der Waals surface area contributed by atoms with E-state index in [1.54, 1.807) is 37.6 Å². The summed E-state index contributed by atoms with van der Waals surface area (Å²) in [5, 5.41) is 14.0. The number of nitrogens with one attached hydrogen (secondary N) is 1. The van der Waals surface area contributed by atoms with Crippen LogP contribution in [0.25, 0.3) is 16.9 Å². The molecule has 9 nitrogen and oxygen atoms in total. The van der Waals surface area contributed by atoms with Crippen LogP contribution >= 0.6 is 0 Å². The van der Waals surface area contributed by atoms with Crippen molar-refractivity contribution >= 4 is 11.9 Å². The highest BCUT2D eigenvalue weighted by Crippen LogP contribution is 2.23. The Kier molecular flexibility index (Phi) is 5.48. The van der Waals surface area contributed by atoms with Crippen molar-refractivity contribution in [2.24, 2.45) is 4.99 Å². The van der Waals surface area contributed by atoms with Gasteiger partial charge in [-0.3, -0.25) is 25.0 Å². The van der Waals surface area contributed by atoms with E-state index in [9.17, 15) is 14.9 Å². The number of non-ortho nitro benzene ring substituents is 1. The molecule has 156 valence electrons. The predicted octanol–water partition coefficient (Wildman–Crippen LogP) is 3.96. The Bertz CT molecular complexity index is 1270. The molecule has 0 saturated carbocycles. The maximum absolute atomic E-state index is 13.2. The highest BCUT2D eigenvalue weighted by atomic mass is 16.6. The topological polar surface area (TPSA) is 116 Å². The molecule has 0 radical (unpaired) electrons. The van der Waals surface area contributed by atoms with Crippen LogP contribution in [-0.2, 0) is 6.54 Å². The fourth-order valence-electron chi connectivity index (χ4n) is 3.08. The summed E-state index contributed by atoms with van der Waals surface area (Å²) in [4.78, 5) is 27.9. The number of rotatable bonds is 7. The summed E-state index contributed by atoms with van der Waals surface area (Å²) in [5.41, 5.74) is 1.76. The lowest BCUT2D eigenvalue weighted by atomic mass is 10.1. The summed E-state index contributed by atoms with van der Waals surface area (Å²) < 4.78 is 11.8. The lowest BCUT2D eigenvalue weighted by molar-refractivity contribution is -0.384. The number of methoxy groups -OCH3 is 1. The molecule has 0 aliphatic rings. The summed E-state index contributed by atoms with van der Waals surface area (Å²) in [6.07, 6.45) is 3.06. The number of H-pyrrole nitrogens is 1. The molecule has 0 saturated heterocycles. The lowest BCUT2D eigenvalue weighted by Crippen LogP contribution is -2.17. The Balaban J connectivity index is 1.77. The number of benzene rings is 2. The summed E-state index contributed by atoms with van der Waals surface area (Å²) in [5.74, 6) is 1.36. The smallest absolute Gasteiger partial charge is 0.280 e. The molecule has 2 aromatic carbocycles. The van der Waals surface area contributed by atoms with Crippen LogP contribution < -0.4 is 10.3 Å². The quantitative estimate of drug-likeness (QED) is 0.277. The SMILES string of the molecule is COc1ccc(-c2[nH]n(-c3ccc([N+](=O)[O-])cc3)c(=O)c2C=NCc2ccco2)cc1. The van der Waals surface area contributed by atoms with Gasteiger partial charge in [0, 0.05) is 23.9 Å². The largest absolute Gasteiger partial charge is 0.497 e. The van der Waals surface area contributed by atoms with E-state index in [1.165, 1.54) is 35.2 Å². The Labute approximate surface area is 176 Å². The number of nitrogens with zero attached hydrogens (tertiary/aromatic N) is 3. The first kappa shape index (κ1) is 19.9. The molecule has 0 atom stereocenters. The Hall–Kier alpha value is -4.40. The zero-order valence-electron chi connectivity index (χ0n) is 16.5. The van der Waals surface area contributed by atoms with Gasteiger partial charge in [0.1, 0.15) is 11.5 Å². The molecule has 2 heterocycles. The van der Waals surface area contributed by atoms with Gasteiger partial charge in [-0.2, -0.15) is 0 Å². The van der Waals surface area contributed by atoms with E-state index in [4.69, 9.17) is 9.15 Å². The number of furan rings is 1. The number of nitro groups is 1. The van der Waals surface area contributed by atoms with E-state index in [1.807, 2.05) is 12.1 Å². The van der Waals surface area contributed by atoms with Gasteiger partial charge in [0.15, 0.2) is 0 Å². The van der Waals surface area contributed by atoms with Crippen LogP contribution in [0.3, 0.4) is 0 Å². The fraction of sp³-hybridized carbons (Fsp3) is 0.0909. The third-order valence-electron chi connectivity index (χ3n) is 4.67. The van der Waals surface area contributed by atoms with Crippen molar-refractivity contribution < 1.29 is 14.1 Å². The average molecular weight is 418 g/mol. The molecule has 4 rings (SSSR count). The third-order valence-corrected chi connectivity index (χ3v) is 4.67. The Morgan fingerprint density at radius 3 is 2.52 bits per heavy atom. The third kappa shape index (κ3) is 4.15. The van der Waals surface area contributed by atoms with Gasteiger partial charge in [-0.05, 0) is 48.5 Å². The van der Waals surface area contributed by atoms with Gasteiger partial charge in [-0.25, -0.2) is 4.68 Å². The van der Waals surface area contributed by atoms with Crippen molar-refractivity contribution in [2.75, 3.05) is 7.11 Å². The van der Waals surface area contributed by atoms with Crippen LogP contribution in [0.1, 0.15) is 11.3 Å². The number of hydrogen-bond acceptors (Lipinski definition) is 6. The summed E-state index contributed by atoms with van der Waals surface area (Å²) in [7, 11) is 1.58. The molecule has 0 aliphatic heterocycles. The number of aliphatic imine (C=N–C) groups is 1. The molecular formula is C22H18N4O5. The van der Waals surface area contributed by atoms with Gasteiger partial charge in [-0.1, -0.05) is 0 Å². The first-order valence-corrected chi connectivity index (χ1v) is 9.33. The van der Waals surface area contributed by atoms with E-state index in [-0.39, 0.29) is 17.8 Å². The molecule has 0 bridgehead atoms. The molecule has 9 heteroatoms. The second-order valence-corrected chi connectivity index (χ2v) is 6.59. The maximum Gasteiger partial charge on any atom is 0.280 e. The lowest BCUT2D eigenvalue weighted by Gasteiger charge is -2.04. The highest BCUT2D eigenvalue weighted by Gasteiger charge is 2.16. The summed E-state index contributed by atoms with van der Waals surface area (Å²) in [6, 6.07) is 16.5. The molecule has 1 N–H and O–H groups in total. The van der Waals surface area contributed by atoms with Gasteiger partial charge >= 0.3 is 0 Å². The van der Waals surface area contributed by atoms with E-state index >= 15 is 0 Å². The van der Waals surface area contributed by atoms with E-state index in [0.29, 0.717) is 28.5 Å². The molecule has 31 heavy (non-hydrogen) atoms. The minimum absolute atomic E-state index is 0.0565. The minimum atomic E-state index is -0.489. The number of aromatic amines is 1. The van der Waals surface area contributed by atoms with Crippen molar-refractivity contribution in [1.29, 1.82) is 0 Å². The predicted molar refractivity (Wildman–Crippen MR) is 115 cm³/mol. The number of hydrogen-bond donors (Lipinski definition) is 1. The molecule has 2 aromatic heterocycles. The van der Waals surface area contributed by atoms with Crippen LogP contribution in [0.2, 0.25) is 0 Å². The number of nitro benzene ring substituents is 1. The van der Waals surface area contributed by atoms with Gasteiger partial charge in [0.05, 0.1) is 41.8 Å². The summed E-state index contributed by atoms with van der Waals surface area (Å²) >= 11 is 0. The molecule has 4 aromatic rings. The number of aromatic nitrogens is 2. The van der Waals surface area contributed by atoms with Gasteiger partial charge in [0.2, 0.25) is 0 Å². The van der Waals surface area contributed by atoms with Crippen LogP contribution in [0.5, 0.6) is 5.75 Å². The normalized spacial score (nSPS) is 11.1. The van der Waals surface area contributed by atoms with Crippen molar-refractivity contribution in [2.45, 2.75) is 6.54 Å². The summed E-state index contributed by atoms with van der Waals surface area (Å²) in [6.45, 7) is 0.289. The first-order valence-electron chi connectivity index (χ1n) is 9.33. The van der Waals surface area contributed by atoms with Crippen molar-refractivity contribution in [3.05, 3.63) is 98.7 Å². The van der Waals surface area contributed by atoms with Crippen molar-refractivity contribution in [1.82, 2.24) is 9.78 Å². The average Bonchev–Trinajstić information content (AvgIpc) is 3.42. The van der Waals surface area contributed by atoms with Crippen molar-refractivity contribution in [3.63, 3.8) is 0 Å². The molecule has 0 unspecified atom stereocenters. The fourth-order valence-corrected chi connectivity index (χ4v) is 3.08. The highest BCUT2D eigenvalue weighted by molar-refractivity contribution is 5.88. The monoisotopic (exact) mass is 418 g/mol. The second-order valence-electron chi connectivity index (χ2n) is 6.59. The zero-order chi connectivity index (χ0) is 21.8. The van der Waals surface area contributed by atoms with E-state index in [2.05, 4.69) is 10.1 Å². The van der Waals surface area contributed by atoms with Gasteiger partial charge in [-0.15, -0.1) is 0 Å². The zero-order valence-corrected chi connectivity index (χ0v) is 16.5. The van der Waals surface area contributed by atoms with E-state index in [0.717, 1.165) is 5.56 Å². The molecular weight excluding hydrogens is 400 g/mol. The van der Waals surface area contributed by atoms with Gasteiger partial charge in [0.25, 0.3) is 11.2 Å². The van der Waals surface area contributed by atoms with E-state index < -0.39 is 4.92 Å². The van der Waals surface area contributed by atoms with Crippen LogP contribution in [0.4, 0.5) is 5.69 Å². The second kappa shape index (κ2) is 8.54. The molecule has 0 aliphatic carbocycles. The van der Waals surface area contributed by atoms with Crippen LogP contribution in [-0.4, -0.2) is 28.0 Å². The Morgan fingerprint density at radius 2 is 1.90 bits per heavy atom.